The Labute approximate surface area is 115 Å². The largest absolute Gasteiger partial charge is 0.355 e. The van der Waals surface area contributed by atoms with E-state index in [1.54, 1.807) is 0 Å². The van der Waals surface area contributed by atoms with Crippen molar-refractivity contribution in [1.82, 2.24) is 9.88 Å². The molecule has 3 heterocycles. The Morgan fingerprint density at radius 1 is 1.32 bits per heavy atom. The third kappa shape index (κ3) is 2.60. The summed E-state index contributed by atoms with van der Waals surface area (Å²) in [5.74, 6) is 1.10. The lowest BCUT2D eigenvalue weighted by Gasteiger charge is -2.25. The van der Waals surface area contributed by atoms with Crippen LogP contribution in [0.25, 0.3) is 0 Å². The first-order valence-electron chi connectivity index (χ1n) is 7.45. The lowest BCUT2D eigenvalue weighted by Crippen LogP contribution is -2.35. The SMILES string of the molecule is C[C@@H](N)c1cccnc1N1CCC(N2CCCC2)C1. The second-order valence-electron chi connectivity index (χ2n) is 5.84. The van der Waals surface area contributed by atoms with E-state index in [0.717, 1.165) is 18.9 Å². The van der Waals surface area contributed by atoms with E-state index < -0.39 is 0 Å². The first kappa shape index (κ1) is 12.9. The molecule has 2 saturated heterocycles. The molecule has 1 unspecified atom stereocenters. The van der Waals surface area contributed by atoms with Gasteiger partial charge in [-0.25, -0.2) is 4.98 Å². The Morgan fingerprint density at radius 2 is 2.11 bits per heavy atom. The number of hydrogen-bond acceptors (Lipinski definition) is 4. The number of aromatic nitrogens is 1. The maximum Gasteiger partial charge on any atom is 0.133 e. The van der Waals surface area contributed by atoms with E-state index in [0.29, 0.717) is 6.04 Å². The van der Waals surface area contributed by atoms with Gasteiger partial charge >= 0.3 is 0 Å². The maximum absolute atomic E-state index is 6.06. The van der Waals surface area contributed by atoms with E-state index in [1.165, 1.54) is 37.9 Å². The number of hydrogen-bond donors (Lipinski definition) is 1. The summed E-state index contributed by atoms with van der Waals surface area (Å²) in [5.41, 5.74) is 7.23. The summed E-state index contributed by atoms with van der Waals surface area (Å²) in [5, 5.41) is 0. The van der Waals surface area contributed by atoms with E-state index in [2.05, 4.69) is 20.9 Å². The normalized spacial score (nSPS) is 26.0. The lowest BCUT2D eigenvalue weighted by atomic mass is 10.1. The number of anilines is 1. The lowest BCUT2D eigenvalue weighted by molar-refractivity contribution is 0.260. The molecule has 2 N–H and O–H groups in total. The second-order valence-corrected chi connectivity index (χ2v) is 5.84. The molecule has 4 heteroatoms. The van der Waals surface area contributed by atoms with Gasteiger partial charge in [0.25, 0.3) is 0 Å². The van der Waals surface area contributed by atoms with Crippen LogP contribution in [0.4, 0.5) is 5.82 Å². The number of nitrogens with two attached hydrogens (primary N) is 1. The van der Waals surface area contributed by atoms with Crippen molar-refractivity contribution < 1.29 is 0 Å². The van der Waals surface area contributed by atoms with Crippen molar-refractivity contribution in [2.24, 2.45) is 5.73 Å². The van der Waals surface area contributed by atoms with E-state index >= 15 is 0 Å². The minimum atomic E-state index is 0.0505. The van der Waals surface area contributed by atoms with Gasteiger partial charge in [0.2, 0.25) is 0 Å². The van der Waals surface area contributed by atoms with Crippen molar-refractivity contribution in [3.63, 3.8) is 0 Å². The molecule has 2 fully saturated rings. The Kier molecular flexibility index (Phi) is 3.71. The molecule has 19 heavy (non-hydrogen) atoms. The van der Waals surface area contributed by atoms with Crippen molar-refractivity contribution in [1.29, 1.82) is 0 Å². The molecule has 2 atom stereocenters. The van der Waals surface area contributed by atoms with Crippen LogP contribution in [0.15, 0.2) is 18.3 Å². The van der Waals surface area contributed by atoms with Crippen LogP contribution in [0.1, 0.15) is 37.8 Å². The molecule has 1 aromatic rings. The van der Waals surface area contributed by atoms with Crippen LogP contribution in [0.5, 0.6) is 0 Å². The van der Waals surface area contributed by atoms with E-state index in [4.69, 9.17) is 5.73 Å². The molecular formula is C15H24N4. The molecule has 4 nitrogen and oxygen atoms in total. The van der Waals surface area contributed by atoms with Crippen molar-refractivity contribution in [3.8, 4) is 0 Å². The van der Waals surface area contributed by atoms with Crippen LogP contribution < -0.4 is 10.6 Å². The van der Waals surface area contributed by atoms with Crippen LogP contribution in [0, 0.1) is 0 Å². The minimum Gasteiger partial charge on any atom is -0.355 e. The number of likely N-dealkylation sites (tertiary alicyclic amines) is 1. The highest BCUT2D eigenvalue weighted by Gasteiger charge is 2.30. The molecule has 0 aliphatic carbocycles. The average molecular weight is 260 g/mol. The quantitative estimate of drug-likeness (QED) is 0.900. The van der Waals surface area contributed by atoms with Gasteiger partial charge in [-0.15, -0.1) is 0 Å². The fourth-order valence-electron chi connectivity index (χ4n) is 3.37. The number of nitrogens with zero attached hydrogens (tertiary/aromatic N) is 3. The van der Waals surface area contributed by atoms with Gasteiger partial charge in [0, 0.05) is 36.9 Å². The van der Waals surface area contributed by atoms with Crippen molar-refractivity contribution in [2.45, 2.75) is 38.3 Å². The highest BCUT2D eigenvalue weighted by molar-refractivity contribution is 5.49. The van der Waals surface area contributed by atoms with Gasteiger partial charge in [-0.05, 0) is 45.3 Å². The predicted molar refractivity (Wildman–Crippen MR) is 78.3 cm³/mol. The summed E-state index contributed by atoms with van der Waals surface area (Å²) in [6, 6.07) is 4.85. The Bertz CT molecular complexity index is 426. The van der Waals surface area contributed by atoms with Crippen LogP contribution in [0.3, 0.4) is 0 Å². The zero-order chi connectivity index (χ0) is 13.2. The van der Waals surface area contributed by atoms with E-state index in [9.17, 15) is 0 Å². The molecule has 0 radical (unpaired) electrons. The zero-order valence-corrected chi connectivity index (χ0v) is 11.8. The Morgan fingerprint density at radius 3 is 2.84 bits per heavy atom. The van der Waals surface area contributed by atoms with Gasteiger partial charge in [0.15, 0.2) is 0 Å². The Hall–Kier alpha value is -1.13. The Balaban J connectivity index is 1.73. The highest BCUT2D eigenvalue weighted by atomic mass is 15.3. The fourth-order valence-corrected chi connectivity index (χ4v) is 3.37. The molecule has 0 amide bonds. The third-order valence-corrected chi connectivity index (χ3v) is 4.43. The summed E-state index contributed by atoms with van der Waals surface area (Å²) < 4.78 is 0. The molecule has 0 aromatic carbocycles. The molecule has 2 aliphatic rings. The van der Waals surface area contributed by atoms with Crippen molar-refractivity contribution >= 4 is 5.82 Å². The standard InChI is InChI=1S/C15H24N4/c1-12(16)14-5-4-7-17-15(14)19-10-6-13(11-19)18-8-2-3-9-18/h4-5,7,12-13H,2-3,6,8-11,16H2,1H3/t12-,13?/m1/s1. The topological polar surface area (TPSA) is 45.4 Å². The van der Waals surface area contributed by atoms with Gasteiger partial charge in [0.1, 0.15) is 5.82 Å². The molecule has 1 aromatic heterocycles. The number of rotatable bonds is 3. The van der Waals surface area contributed by atoms with E-state index in [-0.39, 0.29) is 6.04 Å². The molecular weight excluding hydrogens is 236 g/mol. The maximum atomic E-state index is 6.06. The predicted octanol–water partition coefficient (Wildman–Crippen LogP) is 1.78. The first-order valence-corrected chi connectivity index (χ1v) is 7.45. The van der Waals surface area contributed by atoms with Crippen LogP contribution >= 0.6 is 0 Å². The summed E-state index contributed by atoms with van der Waals surface area (Å²) in [6.07, 6.45) is 5.87. The van der Waals surface area contributed by atoms with Gasteiger partial charge < -0.3 is 10.6 Å². The molecule has 104 valence electrons. The molecule has 0 spiro atoms. The molecule has 2 aliphatic heterocycles. The van der Waals surface area contributed by atoms with Crippen molar-refractivity contribution in [2.75, 3.05) is 31.1 Å². The monoisotopic (exact) mass is 260 g/mol. The molecule has 3 rings (SSSR count). The van der Waals surface area contributed by atoms with Crippen LogP contribution in [0.2, 0.25) is 0 Å². The third-order valence-electron chi connectivity index (χ3n) is 4.43. The van der Waals surface area contributed by atoms with Crippen LogP contribution in [-0.4, -0.2) is 42.1 Å². The van der Waals surface area contributed by atoms with Gasteiger partial charge in [0.05, 0.1) is 0 Å². The smallest absolute Gasteiger partial charge is 0.133 e. The highest BCUT2D eigenvalue weighted by Crippen LogP contribution is 2.28. The zero-order valence-electron chi connectivity index (χ0n) is 11.8. The first-order chi connectivity index (χ1) is 9.25. The molecule has 0 saturated carbocycles. The number of pyridine rings is 1. The summed E-state index contributed by atoms with van der Waals surface area (Å²) in [7, 11) is 0. The minimum absolute atomic E-state index is 0.0505. The second kappa shape index (κ2) is 5.47. The summed E-state index contributed by atoms with van der Waals surface area (Å²) in [4.78, 5) is 9.64. The van der Waals surface area contributed by atoms with Gasteiger partial charge in [-0.3, -0.25) is 4.90 Å². The van der Waals surface area contributed by atoms with Crippen molar-refractivity contribution in [3.05, 3.63) is 23.9 Å². The van der Waals surface area contributed by atoms with Crippen LogP contribution in [-0.2, 0) is 0 Å². The average Bonchev–Trinajstić information content (AvgIpc) is 3.09. The molecule has 0 bridgehead atoms. The van der Waals surface area contributed by atoms with Gasteiger partial charge in [-0.1, -0.05) is 6.07 Å². The summed E-state index contributed by atoms with van der Waals surface area (Å²) >= 11 is 0. The van der Waals surface area contributed by atoms with E-state index in [1.807, 2.05) is 19.2 Å². The summed E-state index contributed by atoms with van der Waals surface area (Å²) in [6.45, 7) is 6.81. The van der Waals surface area contributed by atoms with Gasteiger partial charge in [-0.2, -0.15) is 0 Å². The fraction of sp³-hybridized carbons (Fsp3) is 0.667.